The summed E-state index contributed by atoms with van der Waals surface area (Å²) in [5.41, 5.74) is 0.861. The average Bonchev–Trinajstić information content (AvgIpc) is 2.06. The van der Waals surface area contributed by atoms with Crippen LogP contribution in [0.4, 0.5) is 0 Å². The minimum Gasteiger partial charge on any atom is -0.475 e. The molecule has 0 aromatic heterocycles. The minimum atomic E-state index is -0.323. The first kappa shape index (κ1) is 15.1. The first-order valence-electron chi connectivity index (χ1n) is 3.30. The van der Waals surface area contributed by atoms with Crippen LogP contribution in [0.3, 0.4) is 0 Å². The predicted octanol–water partition coefficient (Wildman–Crippen LogP) is 1.99. The summed E-state index contributed by atoms with van der Waals surface area (Å²) in [4.78, 5) is 10.7. The standard InChI is InChI=1S/C9H9O2.BrH.Zn/c1-11-9(10)7-8-5-3-2-4-6-8;;/h2-7H,1H3;1H;/q-1;;. The van der Waals surface area contributed by atoms with Crippen LogP contribution in [-0.4, -0.2) is 13.1 Å². The number of carbonyl (C=O) groups is 1. The first-order valence-corrected chi connectivity index (χ1v) is 3.30. The first-order chi connectivity index (χ1) is 5.33. The fourth-order valence-electron chi connectivity index (χ4n) is 0.744. The third-order valence-electron chi connectivity index (χ3n) is 1.29. The van der Waals surface area contributed by atoms with Crippen molar-refractivity contribution in [2.24, 2.45) is 0 Å². The Bertz CT molecular complexity index is 239. The molecule has 0 heterocycles. The molecule has 13 heavy (non-hydrogen) atoms. The molecule has 0 radical (unpaired) electrons. The molecule has 0 aliphatic carbocycles. The largest absolute Gasteiger partial charge is 0.475 e. The van der Waals surface area contributed by atoms with Gasteiger partial charge in [-0.3, -0.25) is 4.79 Å². The second kappa shape index (κ2) is 8.27. The summed E-state index contributed by atoms with van der Waals surface area (Å²) in [6.45, 7) is 0. The number of ether oxygens (including phenoxy) is 1. The van der Waals surface area contributed by atoms with Crippen molar-refractivity contribution < 1.29 is 29.0 Å². The molecule has 0 amide bonds. The Morgan fingerprint density at radius 3 is 2.31 bits per heavy atom. The maximum atomic E-state index is 10.7. The molecule has 0 N–H and O–H groups in total. The van der Waals surface area contributed by atoms with Gasteiger partial charge in [0.05, 0.1) is 7.11 Å². The van der Waals surface area contributed by atoms with Crippen molar-refractivity contribution in [2.75, 3.05) is 7.11 Å². The van der Waals surface area contributed by atoms with Gasteiger partial charge in [0.2, 0.25) is 0 Å². The molecular weight excluding hydrogens is 285 g/mol. The van der Waals surface area contributed by atoms with Gasteiger partial charge < -0.3 is 4.74 Å². The van der Waals surface area contributed by atoms with Crippen LogP contribution in [0.15, 0.2) is 30.3 Å². The van der Waals surface area contributed by atoms with Gasteiger partial charge in [0.1, 0.15) is 0 Å². The molecule has 0 aliphatic heterocycles. The van der Waals surface area contributed by atoms with Crippen LogP contribution in [0.2, 0.25) is 0 Å². The molecule has 4 heteroatoms. The van der Waals surface area contributed by atoms with Crippen molar-refractivity contribution in [3.05, 3.63) is 42.3 Å². The van der Waals surface area contributed by atoms with Crippen LogP contribution in [-0.2, 0) is 29.0 Å². The number of methoxy groups -OCH3 is 1. The second-order valence-electron chi connectivity index (χ2n) is 2.08. The summed E-state index contributed by atoms with van der Waals surface area (Å²) in [7, 11) is 1.36. The van der Waals surface area contributed by atoms with Crippen LogP contribution in [0.25, 0.3) is 0 Å². The topological polar surface area (TPSA) is 26.3 Å². The van der Waals surface area contributed by atoms with E-state index in [1.165, 1.54) is 13.5 Å². The molecule has 0 unspecified atom stereocenters. The molecule has 0 saturated heterocycles. The van der Waals surface area contributed by atoms with E-state index in [1.807, 2.05) is 30.3 Å². The van der Waals surface area contributed by atoms with Gasteiger partial charge in [0, 0.05) is 19.5 Å². The number of rotatable bonds is 2. The van der Waals surface area contributed by atoms with Gasteiger partial charge in [0.25, 0.3) is 5.97 Å². The van der Waals surface area contributed by atoms with Gasteiger partial charge in [0.15, 0.2) is 0 Å². The number of esters is 1. The van der Waals surface area contributed by atoms with Crippen LogP contribution < -0.4 is 0 Å². The van der Waals surface area contributed by atoms with Crippen LogP contribution in [0, 0.1) is 6.42 Å². The van der Waals surface area contributed by atoms with Crippen LogP contribution >= 0.6 is 17.0 Å². The van der Waals surface area contributed by atoms with Gasteiger partial charge in [-0.25, -0.2) is 0 Å². The van der Waals surface area contributed by atoms with E-state index in [1.54, 1.807) is 0 Å². The fraction of sp³-hybridized carbons (Fsp3) is 0.111. The minimum absolute atomic E-state index is 0. The van der Waals surface area contributed by atoms with Crippen molar-refractivity contribution in [3.63, 3.8) is 0 Å². The van der Waals surface area contributed by atoms with Crippen LogP contribution in [0.1, 0.15) is 5.56 Å². The molecule has 0 atom stereocenters. The Morgan fingerprint density at radius 2 is 1.85 bits per heavy atom. The van der Waals surface area contributed by atoms with Crippen molar-refractivity contribution in [1.29, 1.82) is 0 Å². The number of benzene rings is 1. The number of hydrogen-bond donors (Lipinski definition) is 0. The van der Waals surface area contributed by atoms with E-state index in [-0.39, 0.29) is 42.4 Å². The number of hydrogen-bond acceptors (Lipinski definition) is 2. The Morgan fingerprint density at radius 1 is 1.31 bits per heavy atom. The molecule has 2 nitrogen and oxygen atoms in total. The van der Waals surface area contributed by atoms with Crippen molar-refractivity contribution >= 4 is 23.0 Å². The van der Waals surface area contributed by atoms with Gasteiger partial charge in [-0.15, -0.1) is 29.1 Å². The normalized spacial score (nSPS) is 7.46. The van der Waals surface area contributed by atoms with E-state index in [0.717, 1.165) is 5.56 Å². The molecule has 0 spiro atoms. The summed E-state index contributed by atoms with van der Waals surface area (Å²) in [5.74, 6) is -0.323. The quantitative estimate of drug-likeness (QED) is 0.474. The maximum absolute atomic E-state index is 10.7. The Labute approximate surface area is 101 Å². The van der Waals surface area contributed by atoms with Crippen molar-refractivity contribution in [2.45, 2.75) is 0 Å². The van der Waals surface area contributed by atoms with Gasteiger partial charge in [-0.1, -0.05) is 12.5 Å². The molecule has 1 aromatic rings. The van der Waals surface area contributed by atoms with Gasteiger partial charge in [-0.05, 0) is 0 Å². The maximum Gasteiger partial charge on any atom is 0.274 e. The number of halogens is 1. The fourth-order valence-corrected chi connectivity index (χ4v) is 0.744. The Hall–Kier alpha value is -0.337. The molecule has 0 bridgehead atoms. The van der Waals surface area contributed by atoms with Crippen molar-refractivity contribution in [3.8, 4) is 0 Å². The van der Waals surface area contributed by atoms with E-state index in [0.29, 0.717) is 0 Å². The van der Waals surface area contributed by atoms with E-state index >= 15 is 0 Å². The third-order valence-corrected chi connectivity index (χ3v) is 1.29. The summed E-state index contributed by atoms with van der Waals surface area (Å²) < 4.78 is 4.46. The molecule has 1 rings (SSSR count). The Balaban J connectivity index is 0. The molecule has 1 aromatic carbocycles. The molecule has 0 saturated carbocycles. The zero-order valence-electron chi connectivity index (χ0n) is 7.40. The van der Waals surface area contributed by atoms with Crippen molar-refractivity contribution in [1.82, 2.24) is 0 Å². The van der Waals surface area contributed by atoms with Crippen LogP contribution in [0.5, 0.6) is 0 Å². The van der Waals surface area contributed by atoms with E-state index in [2.05, 4.69) is 4.74 Å². The van der Waals surface area contributed by atoms with Gasteiger partial charge in [-0.2, -0.15) is 17.7 Å². The summed E-state index contributed by atoms with van der Waals surface area (Å²) >= 11 is 0. The zero-order valence-corrected chi connectivity index (χ0v) is 12.1. The average molecular weight is 295 g/mol. The zero-order chi connectivity index (χ0) is 8.10. The summed E-state index contributed by atoms with van der Waals surface area (Å²) in [6.07, 6.45) is 1.44. The summed E-state index contributed by atoms with van der Waals surface area (Å²) in [6, 6.07) is 9.33. The van der Waals surface area contributed by atoms with Gasteiger partial charge >= 0.3 is 0 Å². The van der Waals surface area contributed by atoms with E-state index in [4.69, 9.17) is 0 Å². The third kappa shape index (κ3) is 5.83. The van der Waals surface area contributed by atoms with E-state index in [9.17, 15) is 4.79 Å². The molecule has 68 valence electrons. The molecular formula is C9H10BrO2Zn-. The SMILES string of the molecule is Br.COC(=O)[CH-]c1ccccc1.[Zn]. The summed E-state index contributed by atoms with van der Waals surface area (Å²) in [5, 5.41) is 0. The molecule has 0 aliphatic rings. The molecule has 0 fully saturated rings. The monoisotopic (exact) mass is 293 g/mol. The van der Waals surface area contributed by atoms with E-state index < -0.39 is 0 Å². The smallest absolute Gasteiger partial charge is 0.274 e. The predicted molar refractivity (Wildman–Crippen MR) is 52.2 cm³/mol. The second-order valence-corrected chi connectivity index (χ2v) is 2.08. The number of carbonyl (C=O) groups excluding carboxylic acids is 1. The Kier molecular flexibility index (Phi) is 9.64.